The molecule has 0 spiro atoms. The number of ether oxygens (including phenoxy) is 1. The summed E-state index contributed by atoms with van der Waals surface area (Å²) in [5.74, 6) is 0.516. The Morgan fingerprint density at radius 1 is 1.38 bits per heavy atom. The van der Waals surface area contributed by atoms with E-state index >= 15 is 0 Å². The molecule has 4 atom stereocenters. The molecule has 1 aliphatic heterocycles. The fourth-order valence-electron chi connectivity index (χ4n) is 4.26. The molecule has 2 nitrogen and oxygen atoms in total. The number of aliphatic hydroxyl groups is 1. The fourth-order valence-corrected chi connectivity index (χ4v) is 4.26. The molecule has 0 aromatic carbocycles. The van der Waals surface area contributed by atoms with Gasteiger partial charge in [-0.25, -0.2) is 0 Å². The topological polar surface area (TPSA) is 32.8 Å². The van der Waals surface area contributed by atoms with E-state index in [0.29, 0.717) is 5.92 Å². The molecule has 1 saturated carbocycles. The predicted molar refractivity (Wildman–Crippen MR) is 63.1 cm³/mol. The van der Waals surface area contributed by atoms with Gasteiger partial charge in [0, 0.05) is 5.92 Å². The molecule has 16 heavy (non-hydrogen) atoms. The Kier molecular flexibility index (Phi) is 1.84. The molecule has 1 N–H and O–H groups in total. The fraction of sp³-hybridized carbons (Fsp3) is 0.857. The van der Waals surface area contributed by atoms with Gasteiger partial charge in [-0.05, 0) is 38.5 Å². The van der Waals surface area contributed by atoms with E-state index in [1.807, 2.05) is 0 Å². The first-order valence-corrected chi connectivity index (χ1v) is 6.39. The Hall–Kier alpha value is -0.340. The van der Waals surface area contributed by atoms with Crippen LogP contribution < -0.4 is 0 Å². The largest absolute Gasteiger partial charge is 0.390 e. The second kappa shape index (κ2) is 2.73. The van der Waals surface area contributed by atoms with Gasteiger partial charge in [-0.15, -0.1) is 0 Å². The average molecular weight is 222 g/mol. The smallest absolute Gasteiger partial charge is 0.122 e. The van der Waals surface area contributed by atoms with E-state index in [1.54, 1.807) is 0 Å². The predicted octanol–water partition coefficient (Wildman–Crippen LogP) is 2.66. The van der Waals surface area contributed by atoms with E-state index in [4.69, 9.17) is 4.74 Å². The van der Waals surface area contributed by atoms with Crippen LogP contribution in [0.1, 0.15) is 47.0 Å². The van der Waals surface area contributed by atoms with E-state index in [0.717, 1.165) is 19.3 Å². The Labute approximate surface area is 97.7 Å². The van der Waals surface area contributed by atoms with E-state index < -0.39 is 0 Å². The first-order valence-electron chi connectivity index (χ1n) is 6.39. The van der Waals surface area contributed by atoms with Gasteiger partial charge in [0.1, 0.15) is 11.2 Å². The lowest BCUT2D eigenvalue weighted by Gasteiger charge is -2.46. The molecule has 1 unspecified atom stereocenters. The number of epoxide rings is 1. The summed E-state index contributed by atoms with van der Waals surface area (Å²) in [6.45, 7) is 8.87. The Morgan fingerprint density at radius 2 is 2.00 bits per heavy atom. The monoisotopic (exact) mass is 222 g/mol. The molecule has 90 valence electrons. The van der Waals surface area contributed by atoms with Crippen molar-refractivity contribution in [2.24, 2.45) is 11.3 Å². The highest BCUT2D eigenvalue weighted by Gasteiger charge is 2.80. The number of hydrogen-bond acceptors (Lipinski definition) is 2. The lowest BCUT2D eigenvalue weighted by molar-refractivity contribution is 0.0263. The van der Waals surface area contributed by atoms with Crippen LogP contribution in [0.25, 0.3) is 0 Å². The molecule has 3 aliphatic rings. The first kappa shape index (κ1) is 10.8. The van der Waals surface area contributed by atoms with Crippen molar-refractivity contribution >= 4 is 0 Å². The van der Waals surface area contributed by atoms with Crippen molar-refractivity contribution in [2.45, 2.75) is 64.3 Å². The lowest BCUT2D eigenvalue weighted by Crippen LogP contribution is -2.53. The van der Waals surface area contributed by atoms with Gasteiger partial charge in [0.25, 0.3) is 0 Å². The van der Waals surface area contributed by atoms with E-state index in [2.05, 4.69) is 33.8 Å². The van der Waals surface area contributed by atoms with E-state index in [-0.39, 0.29) is 22.7 Å². The van der Waals surface area contributed by atoms with Crippen molar-refractivity contribution in [3.05, 3.63) is 11.6 Å². The number of allylic oxidation sites excluding steroid dienone is 1. The third-order valence-corrected chi connectivity index (χ3v) is 5.30. The lowest BCUT2D eigenvalue weighted by atomic mass is 9.55. The standard InChI is InChI=1S/C14H22O2/c1-9-7-10(8-9)14-12(2,3)6-5-11(15)13(14,4)16-14/h7,10-11,15H,5-6,8H2,1-4H3/t10?,11-,13-,14+/m1/s1. The molecule has 0 aromatic heterocycles. The highest BCUT2D eigenvalue weighted by atomic mass is 16.6. The van der Waals surface area contributed by atoms with Crippen molar-refractivity contribution in [1.29, 1.82) is 0 Å². The van der Waals surface area contributed by atoms with Crippen LogP contribution >= 0.6 is 0 Å². The van der Waals surface area contributed by atoms with Crippen LogP contribution in [-0.4, -0.2) is 22.4 Å². The SMILES string of the molecule is CC1=CC([C@@]23O[C@]2(C)[C@H](O)CCC3(C)C)C1. The maximum Gasteiger partial charge on any atom is 0.122 e. The number of hydrogen-bond donors (Lipinski definition) is 1. The van der Waals surface area contributed by atoms with Crippen molar-refractivity contribution in [3.63, 3.8) is 0 Å². The second-order valence-electron chi connectivity index (χ2n) is 6.71. The summed E-state index contributed by atoms with van der Waals surface area (Å²) in [5, 5.41) is 10.2. The van der Waals surface area contributed by atoms with Crippen LogP contribution in [0.3, 0.4) is 0 Å². The minimum absolute atomic E-state index is 0.100. The van der Waals surface area contributed by atoms with Crippen molar-refractivity contribution in [3.8, 4) is 0 Å². The van der Waals surface area contributed by atoms with Crippen LogP contribution in [0, 0.1) is 11.3 Å². The van der Waals surface area contributed by atoms with Crippen molar-refractivity contribution in [2.75, 3.05) is 0 Å². The molecule has 1 heterocycles. The van der Waals surface area contributed by atoms with Gasteiger partial charge in [-0.3, -0.25) is 0 Å². The number of aliphatic hydroxyl groups excluding tert-OH is 1. The van der Waals surface area contributed by atoms with E-state index in [9.17, 15) is 5.11 Å². The number of rotatable bonds is 1. The Bertz CT molecular complexity index is 371. The Morgan fingerprint density at radius 3 is 2.56 bits per heavy atom. The quantitative estimate of drug-likeness (QED) is 0.546. The molecule has 0 aromatic rings. The van der Waals surface area contributed by atoms with Crippen LogP contribution in [0.4, 0.5) is 0 Å². The van der Waals surface area contributed by atoms with Gasteiger partial charge in [-0.1, -0.05) is 25.5 Å². The van der Waals surface area contributed by atoms with Gasteiger partial charge in [0.2, 0.25) is 0 Å². The molecule has 0 amide bonds. The third-order valence-electron chi connectivity index (χ3n) is 5.30. The zero-order valence-corrected chi connectivity index (χ0v) is 10.7. The van der Waals surface area contributed by atoms with Gasteiger partial charge in [0.15, 0.2) is 0 Å². The molecule has 0 bridgehead atoms. The first-order chi connectivity index (χ1) is 7.33. The summed E-state index contributed by atoms with van der Waals surface area (Å²) >= 11 is 0. The normalized spacial score (nSPS) is 53.7. The van der Waals surface area contributed by atoms with Gasteiger partial charge in [0.05, 0.1) is 6.10 Å². The maximum atomic E-state index is 10.2. The molecule has 2 fully saturated rings. The summed E-state index contributed by atoms with van der Waals surface area (Å²) in [4.78, 5) is 0. The summed E-state index contributed by atoms with van der Waals surface area (Å²) in [5.41, 5.74) is 1.25. The summed E-state index contributed by atoms with van der Waals surface area (Å²) in [6, 6.07) is 0. The number of fused-ring (bicyclic) bond motifs is 1. The highest BCUT2D eigenvalue weighted by molar-refractivity contribution is 5.35. The summed E-state index contributed by atoms with van der Waals surface area (Å²) < 4.78 is 6.14. The van der Waals surface area contributed by atoms with Gasteiger partial charge in [-0.2, -0.15) is 0 Å². The molecular weight excluding hydrogens is 200 g/mol. The molecular formula is C14H22O2. The minimum Gasteiger partial charge on any atom is -0.390 e. The van der Waals surface area contributed by atoms with Crippen molar-refractivity contribution in [1.82, 2.24) is 0 Å². The summed E-state index contributed by atoms with van der Waals surface area (Å²) in [6.07, 6.45) is 5.14. The van der Waals surface area contributed by atoms with Crippen molar-refractivity contribution < 1.29 is 9.84 Å². The Balaban J connectivity index is 1.99. The van der Waals surface area contributed by atoms with E-state index in [1.165, 1.54) is 5.57 Å². The minimum atomic E-state index is -0.295. The zero-order valence-electron chi connectivity index (χ0n) is 10.7. The van der Waals surface area contributed by atoms with Crippen LogP contribution in [0.2, 0.25) is 0 Å². The molecule has 0 radical (unpaired) electrons. The van der Waals surface area contributed by atoms with Crippen LogP contribution in [0.5, 0.6) is 0 Å². The molecule has 1 saturated heterocycles. The third kappa shape index (κ3) is 0.964. The highest BCUT2D eigenvalue weighted by Crippen LogP contribution is 2.70. The van der Waals surface area contributed by atoms with Gasteiger partial charge < -0.3 is 9.84 Å². The van der Waals surface area contributed by atoms with Crippen LogP contribution in [0.15, 0.2) is 11.6 Å². The molecule has 2 aliphatic carbocycles. The van der Waals surface area contributed by atoms with Gasteiger partial charge >= 0.3 is 0 Å². The molecule has 2 heteroatoms. The molecule has 3 rings (SSSR count). The zero-order chi connectivity index (χ0) is 11.8. The second-order valence-corrected chi connectivity index (χ2v) is 6.71. The van der Waals surface area contributed by atoms with Crippen LogP contribution in [-0.2, 0) is 4.74 Å². The maximum absolute atomic E-state index is 10.2. The average Bonchev–Trinajstić information content (AvgIpc) is 2.79. The summed E-state index contributed by atoms with van der Waals surface area (Å²) in [7, 11) is 0.